The number of aliphatic hydroxyl groups excluding tert-OH is 3. The standard InChI is InChI=1S/C29H45FO5/c1-6-35-26(34)27(2,3)25(33)13-15-29(5,30)24-12-11-23-20(8-7-14-28(23,24)4)10-9-19-16-21(31)18-22(32)17-19/h9-10,13,15,21-25,31-33H,6-8,11-12,14,16-18H2,1-5H3/b15-13+,20-10+/t21-,22-,23+,24+,25?,28+,29+/m1/s1. The highest BCUT2D eigenvalue weighted by Crippen LogP contribution is 2.61. The molecule has 0 aromatic carbocycles. The Bertz CT molecular complexity index is 845. The molecular formula is C29H45FO5. The smallest absolute Gasteiger partial charge is 0.314 e. The van der Waals surface area contributed by atoms with Crippen LogP contribution in [0.1, 0.15) is 86.0 Å². The Hall–Kier alpha value is -1.50. The monoisotopic (exact) mass is 492 g/mol. The Balaban J connectivity index is 1.76. The van der Waals surface area contributed by atoms with Crippen molar-refractivity contribution in [1.82, 2.24) is 0 Å². The molecule has 0 aliphatic heterocycles. The molecule has 3 rings (SSSR count). The van der Waals surface area contributed by atoms with Gasteiger partial charge in [0, 0.05) is 5.92 Å². The lowest BCUT2D eigenvalue weighted by Crippen LogP contribution is -2.42. The average molecular weight is 493 g/mol. The topological polar surface area (TPSA) is 87.0 Å². The number of aliphatic hydroxyl groups is 3. The van der Waals surface area contributed by atoms with Crippen LogP contribution in [0.2, 0.25) is 0 Å². The fourth-order valence-electron chi connectivity index (χ4n) is 6.77. The van der Waals surface area contributed by atoms with Crippen molar-refractivity contribution < 1.29 is 29.2 Å². The lowest BCUT2D eigenvalue weighted by molar-refractivity contribution is -0.158. The highest BCUT2D eigenvalue weighted by molar-refractivity contribution is 5.77. The zero-order valence-corrected chi connectivity index (χ0v) is 22.1. The van der Waals surface area contributed by atoms with E-state index in [1.165, 1.54) is 17.7 Å². The number of hydrogen-bond donors (Lipinski definition) is 3. The summed E-state index contributed by atoms with van der Waals surface area (Å²) in [5, 5.41) is 30.6. The second kappa shape index (κ2) is 10.9. The van der Waals surface area contributed by atoms with Crippen LogP contribution in [0.3, 0.4) is 0 Å². The lowest BCUT2D eigenvalue weighted by Gasteiger charge is -2.45. The third-order valence-corrected chi connectivity index (χ3v) is 8.86. The van der Waals surface area contributed by atoms with E-state index in [9.17, 15) is 20.1 Å². The Labute approximate surface area is 210 Å². The summed E-state index contributed by atoms with van der Waals surface area (Å²) in [6, 6.07) is 0. The van der Waals surface area contributed by atoms with Gasteiger partial charge in [-0.3, -0.25) is 4.79 Å². The minimum absolute atomic E-state index is 0.191. The number of allylic oxidation sites excluding steroid dienone is 4. The van der Waals surface area contributed by atoms with Gasteiger partial charge in [0.15, 0.2) is 0 Å². The van der Waals surface area contributed by atoms with Gasteiger partial charge in [-0.25, -0.2) is 4.39 Å². The first-order valence-electron chi connectivity index (χ1n) is 13.3. The SMILES string of the molecule is CCOC(=O)C(C)(C)C(O)/C=C/[C@](C)(F)[C@H]1CC[C@H]2/C(=C/C=C3C[C@@H](O)C[C@H](O)C3)CCC[C@@]21C. The first-order valence-corrected chi connectivity index (χ1v) is 13.3. The summed E-state index contributed by atoms with van der Waals surface area (Å²) >= 11 is 0. The van der Waals surface area contributed by atoms with E-state index in [4.69, 9.17) is 4.74 Å². The van der Waals surface area contributed by atoms with E-state index in [-0.39, 0.29) is 17.9 Å². The van der Waals surface area contributed by atoms with Gasteiger partial charge in [-0.1, -0.05) is 36.3 Å². The molecule has 3 aliphatic rings. The number of carbonyl (C=O) groups is 1. The number of fused-ring (bicyclic) bond motifs is 1. The van der Waals surface area contributed by atoms with Crippen LogP contribution in [0.15, 0.2) is 35.5 Å². The minimum atomic E-state index is -1.62. The maximum absolute atomic E-state index is 16.2. The van der Waals surface area contributed by atoms with Crippen molar-refractivity contribution in [2.24, 2.45) is 22.7 Å². The van der Waals surface area contributed by atoms with Gasteiger partial charge in [0.25, 0.3) is 0 Å². The molecule has 0 aromatic rings. The molecule has 0 heterocycles. The summed E-state index contributed by atoms with van der Waals surface area (Å²) < 4.78 is 21.3. The molecule has 1 unspecified atom stereocenters. The number of rotatable bonds is 7. The Morgan fingerprint density at radius 3 is 2.49 bits per heavy atom. The normalized spacial score (nSPS) is 35.6. The third kappa shape index (κ3) is 6.08. The van der Waals surface area contributed by atoms with Crippen molar-refractivity contribution in [2.75, 3.05) is 6.61 Å². The van der Waals surface area contributed by atoms with Crippen LogP contribution in [0.4, 0.5) is 4.39 Å². The van der Waals surface area contributed by atoms with E-state index in [0.717, 1.165) is 37.7 Å². The molecule has 0 spiro atoms. The first-order chi connectivity index (χ1) is 16.3. The molecule has 35 heavy (non-hydrogen) atoms. The number of hydrogen-bond acceptors (Lipinski definition) is 5. The van der Waals surface area contributed by atoms with Crippen LogP contribution in [0.5, 0.6) is 0 Å². The summed E-state index contributed by atoms with van der Waals surface area (Å²) in [6.45, 7) is 8.97. The Kier molecular flexibility index (Phi) is 8.71. The Morgan fingerprint density at radius 2 is 1.86 bits per heavy atom. The summed E-state index contributed by atoms with van der Waals surface area (Å²) in [5.41, 5.74) is -0.551. The van der Waals surface area contributed by atoms with Gasteiger partial charge in [0.1, 0.15) is 5.67 Å². The second-order valence-corrected chi connectivity index (χ2v) is 12.0. The fourth-order valence-corrected chi connectivity index (χ4v) is 6.77. The molecule has 0 radical (unpaired) electrons. The first kappa shape index (κ1) is 28.1. The number of alkyl halides is 1. The molecule has 3 fully saturated rings. The molecule has 0 saturated heterocycles. The Morgan fingerprint density at radius 1 is 1.20 bits per heavy atom. The highest BCUT2D eigenvalue weighted by atomic mass is 19.1. The summed E-state index contributed by atoms with van der Waals surface area (Å²) in [5.74, 6) is -0.399. The van der Waals surface area contributed by atoms with Crippen LogP contribution in [0.25, 0.3) is 0 Å². The number of carbonyl (C=O) groups excluding carboxylic acids is 1. The van der Waals surface area contributed by atoms with E-state index >= 15 is 4.39 Å². The molecule has 0 aromatic heterocycles. The quantitative estimate of drug-likeness (QED) is 0.336. The fraction of sp³-hybridized carbons (Fsp3) is 0.759. The predicted octanol–water partition coefficient (Wildman–Crippen LogP) is 5.20. The minimum Gasteiger partial charge on any atom is -0.465 e. The van der Waals surface area contributed by atoms with Crippen molar-refractivity contribution in [3.05, 3.63) is 35.5 Å². The van der Waals surface area contributed by atoms with Crippen molar-refractivity contribution in [3.8, 4) is 0 Å². The van der Waals surface area contributed by atoms with Crippen LogP contribution in [0, 0.1) is 22.7 Å². The van der Waals surface area contributed by atoms with Crippen LogP contribution < -0.4 is 0 Å². The van der Waals surface area contributed by atoms with Gasteiger partial charge in [-0.15, -0.1) is 0 Å². The van der Waals surface area contributed by atoms with E-state index in [1.807, 2.05) is 0 Å². The van der Waals surface area contributed by atoms with Crippen LogP contribution >= 0.6 is 0 Å². The van der Waals surface area contributed by atoms with Crippen molar-refractivity contribution >= 4 is 5.97 Å². The molecule has 5 nitrogen and oxygen atoms in total. The number of ether oxygens (including phenoxy) is 1. The molecule has 198 valence electrons. The van der Waals surface area contributed by atoms with E-state index in [2.05, 4.69) is 19.1 Å². The van der Waals surface area contributed by atoms with Gasteiger partial charge in [-0.2, -0.15) is 0 Å². The molecule has 6 heteroatoms. The van der Waals surface area contributed by atoms with Gasteiger partial charge in [0.2, 0.25) is 0 Å². The molecule has 3 saturated carbocycles. The molecule has 3 N–H and O–H groups in total. The van der Waals surface area contributed by atoms with Gasteiger partial charge in [-0.05, 0) is 96.5 Å². The molecule has 7 atom stereocenters. The predicted molar refractivity (Wildman–Crippen MR) is 135 cm³/mol. The van der Waals surface area contributed by atoms with Crippen LogP contribution in [-0.4, -0.2) is 51.9 Å². The van der Waals surface area contributed by atoms with Gasteiger partial charge < -0.3 is 20.1 Å². The van der Waals surface area contributed by atoms with Crippen LogP contribution in [-0.2, 0) is 9.53 Å². The second-order valence-electron chi connectivity index (χ2n) is 12.0. The van der Waals surface area contributed by atoms with Crippen molar-refractivity contribution in [1.29, 1.82) is 0 Å². The molecule has 0 bridgehead atoms. The number of esters is 1. The zero-order chi connectivity index (χ0) is 26.0. The third-order valence-electron chi connectivity index (χ3n) is 8.86. The van der Waals surface area contributed by atoms with E-state index < -0.39 is 35.4 Å². The number of halogens is 1. The van der Waals surface area contributed by atoms with Crippen molar-refractivity contribution in [3.63, 3.8) is 0 Å². The van der Waals surface area contributed by atoms with Gasteiger partial charge in [0.05, 0.1) is 30.3 Å². The maximum atomic E-state index is 16.2. The summed E-state index contributed by atoms with van der Waals surface area (Å²) in [4.78, 5) is 12.2. The molecule has 3 aliphatic carbocycles. The summed E-state index contributed by atoms with van der Waals surface area (Å²) in [6.07, 6.45) is 11.3. The van der Waals surface area contributed by atoms with E-state index in [1.54, 1.807) is 27.7 Å². The summed E-state index contributed by atoms with van der Waals surface area (Å²) in [7, 11) is 0. The molecule has 0 amide bonds. The average Bonchev–Trinajstić information content (AvgIpc) is 3.14. The van der Waals surface area contributed by atoms with E-state index in [0.29, 0.717) is 25.2 Å². The van der Waals surface area contributed by atoms with Crippen molar-refractivity contribution in [2.45, 2.75) is 110 Å². The maximum Gasteiger partial charge on any atom is 0.314 e. The largest absolute Gasteiger partial charge is 0.465 e. The zero-order valence-electron chi connectivity index (χ0n) is 22.1. The lowest BCUT2D eigenvalue weighted by atomic mass is 9.60. The highest BCUT2D eigenvalue weighted by Gasteiger charge is 2.55. The van der Waals surface area contributed by atoms with Gasteiger partial charge >= 0.3 is 5.97 Å². The molecular weight excluding hydrogens is 447 g/mol.